The minimum absolute atomic E-state index is 0.794. The lowest BCUT2D eigenvalue weighted by Gasteiger charge is -2.11. The number of benzene rings is 2. The number of hydrogen-bond donors (Lipinski definition) is 1. The molecular weight excluding hydrogens is 330 g/mol. The zero-order valence-electron chi connectivity index (χ0n) is 11.9. The number of nitrogens with one attached hydrogen (secondary N) is 1. The first-order valence-corrected chi connectivity index (χ1v) is 7.59. The van der Waals surface area contributed by atoms with Gasteiger partial charge in [0.2, 0.25) is 5.95 Å². The third-order valence-corrected chi connectivity index (χ3v) is 4.06. The molecule has 5 heteroatoms. The normalized spacial score (nSPS) is 10.8. The molecule has 0 amide bonds. The van der Waals surface area contributed by atoms with E-state index in [0.717, 1.165) is 39.4 Å². The van der Waals surface area contributed by atoms with Gasteiger partial charge in [-0.2, -0.15) is 0 Å². The summed E-state index contributed by atoms with van der Waals surface area (Å²) in [5, 5.41) is 3.32. The lowest BCUT2D eigenvalue weighted by molar-refractivity contribution is 0.413. The Morgan fingerprint density at radius 1 is 1.19 bits per heavy atom. The van der Waals surface area contributed by atoms with Crippen molar-refractivity contribution in [3.8, 4) is 11.4 Å². The van der Waals surface area contributed by atoms with E-state index in [9.17, 15) is 0 Å². The minimum Gasteiger partial charge on any atom is -0.495 e. The first-order valence-electron chi connectivity index (χ1n) is 6.80. The van der Waals surface area contributed by atoms with Crippen molar-refractivity contribution in [3.05, 3.63) is 46.9 Å². The van der Waals surface area contributed by atoms with Crippen LogP contribution in [-0.2, 0) is 0 Å². The number of nitrogens with zero attached hydrogens (tertiary/aromatic N) is 2. The van der Waals surface area contributed by atoms with Gasteiger partial charge in [-0.1, -0.05) is 18.2 Å². The molecule has 21 heavy (non-hydrogen) atoms. The zero-order valence-corrected chi connectivity index (χ0v) is 13.5. The maximum Gasteiger partial charge on any atom is 0.208 e. The van der Waals surface area contributed by atoms with Gasteiger partial charge in [0.15, 0.2) is 0 Å². The quantitative estimate of drug-likeness (QED) is 0.769. The number of halogens is 1. The predicted molar refractivity (Wildman–Crippen MR) is 89.5 cm³/mol. The Morgan fingerprint density at radius 3 is 2.62 bits per heavy atom. The van der Waals surface area contributed by atoms with Crippen LogP contribution in [0.25, 0.3) is 16.7 Å². The van der Waals surface area contributed by atoms with E-state index in [1.165, 1.54) is 0 Å². The Morgan fingerprint density at radius 2 is 1.95 bits per heavy atom. The van der Waals surface area contributed by atoms with Gasteiger partial charge >= 0.3 is 0 Å². The summed E-state index contributed by atoms with van der Waals surface area (Å²) >= 11 is 3.64. The first-order chi connectivity index (χ1) is 10.3. The standard InChI is InChI=1S/C16H16BrN3O/c1-3-18-16-19-12-9-10-13(21-2)14(17)15(12)20(16)11-7-5-4-6-8-11/h4-10H,3H2,1-2H3,(H,18,19). The van der Waals surface area contributed by atoms with E-state index in [1.54, 1.807) is 7.11 Å². The molecule has 3 rings (SSSR count). The van der Waals surface area contributed by atoms with E-state index in [1.807, 2.05) is 30.3 Å². The second-order valence-corrected chi connectivity index (χ2v) is 5.38. The van der Waals surface area contributed by atoms with Crippen LogP contribution in [0.5, 0.6) is 5.75 Å². The Balaban J connectivity index is 2.35. The maximum atomic E-state index is 5.40. The van der Waals surface area contributed by atoms with E-state index in [4.69, 9.17) is 4.74 Å². The summed E-state index contributed by atoms with van der Waals surface area (Å²) in [7, 11) is 1.67. The number of aromatic nitrogens is 2. The van der Waals surface area contributed by atoms with E-state index in [-0.39, 0.29) is 0 Å². The molecule has 1 aromatic heterocycles. The van der Waals surface area contributed by atoms with Crippen LogP contribution in [0.3, 0.4) is 0 Å². The van der Waals surface area contributed by atoms with Gasteiger partial charge in [-0.05, 0) is 47.1 Å². The second-order valence-electron chi connectivity index (χ2n) is 4.59. The molecule has 1 heterocycles. The average Bonchev–Trinajstić information content (AvgIpc) is 2.88. The number of ether oxygens (including phenoxy) is 1. The topological polar surface area (TPSA) is 39.1 Å². The van der Waals surface area contributed by atoms with Crippen LogP contribution in [0.4, 0.5) is 5.95 Å². The lowest BCUT2D eigenvalue weighted by atomic mass is 10.2. The molecule has 1 N–H and O–H groups in total. The molecule has 3 aromatic rings. The summed E-state index contributed by atoms with van der Waals surface area (Å²) in [6.07, 6.45) is 0. The van der Waals surface area contributed by atoms with Crippen LogP contribution < -0.4 is 10.1 Å². The van der Waals surface area contributed by atoms with Crippen LogP contribution in [-0.4, -0.2) is 23.2 Å². The van der Waals surface area contributed by atoms with E-state index < -0.39 is 0 Å². The fourth-order valence-electron chi connectivity index (χ4n) is 2.37. The highest BCUT2D eigenvalue weighted by molar-refractivity contribution is 9.10. The van der Waals surface area contributed by atoms with Crippen molar-refractivity contribution >= 4 is 32.9 Å². The van der Waals surface area contributed by atoms with Crippen molar-refractivity contribution in [2.24, 2.45) is 0 Å². The second kappa shape index (κ2) is 5.77. The lowest BCUT2D eigenvalue weighted by Crippen LogP contribution is -2.05. The molecule has 4 nitrogen and oxygen atoms in total. The molecule has 0 saturated heterocycles. The van der Waals surface area contributed by atoms with Crippen molar-refractivity contribution in [2.45, 2.75) is 6.92 Å². The Kier molecular flexibility index (Phi) is 3.84. The summed E-state index contributed by atoms with van der Waals surface area (Å²) in [5.74, 6) is 1.62. The van der Waals surface area contributed by atoms with Gasteiger partial charge in [-0.3, -0.25) is 4.57 Å². The first kappa shape index (κ1) is 13.9. The fourth-order valence-corrected chi connectivity index (χ4v) is 3.05. The molecule has 0 aliphatic rings. The highest BCUT2D eigenvalue weighted by Crippen LogP contribution is 2.36. The largest absolute Gasteiger partial charge is 0.495 e. The summed E-state index contributed by atoms with van der Waals surface area (Å²) in [6, 6.07) is 14.1. The van der Waals surface area contributed by atoms with Gasteiger partial charge in [0.05, 0.1) is 22.6 Å². The van der Waals surface area contributed by atoms with Crippen molar-refractivity contribution in [2.75, 3.05) is 19.0 Å². The summed E-state index contributed by atoms with van der Waals surface area (Å²) in [4.78, 5) is 4.68. The number of methoxy groups -OCH3 is 1. The van der Waals surface area contributed by atoms with E-state index in [0.29, 0.717) is 0 Å². The molecule has 0 spiro atoms. The van der Waals surface area contributed by atoms with Gasteiger partial charge in [0, 0.05) is 12.2 Å². The molecule has 0 bridgehead atoms. The van der Waals surface area contributed by atoms with Gasteiger partial charge < -0.3 is 10.1 Å². The number of para-hydroxylation sites is 1. The van der Waals surface area contributed by atoms with Crippen LogP contribution >= 0.6 is 15.9 Å². The third-order valence-electron chi connectivity index (χ3n) is 3.29. The molecule has 2 aromatic carbocycles. The molecular formula is C16H16BrN3O. The Hall–Kier alpha value is -2.01. The summed E-state index contributed by atoms with van der Waals surface area (Å²) in [6.45, 7) is 2.87. The molecule has 108 valence electrons. The van der Waals surface area contributed by atoms with Gasteiger partial charge in [0.25, 0.3) is 0 Å². The summed E-state index contributed by atoms with van der Waals surface area (Å²) in [5.41, 5.74) is 2.98. The van der Waals surface area contributed by atoms with Crippen LogP contribution in [0, 0.1) is 0 Å². The number of rotatable bonds is 4. The fraction of sp³-hybridized carbons (Fsp3) is 0.188. The maximum absolute atomic E-state index is 5.40. The van der Waals surface area contributed by atoms with Gasteiger partial charge in [-0.15, -0.1) is 0 Å². The summed E-state index contributed by atoms with van der Waals surface area (Å²) < 4.78 is 8.41. The van der Waals surface area contributed by atoms with Crippen molar-refractivity contribution in [3.63, 3.8) is 0 Å². The number of hydrogen-bond acceptors (Lipinski definition) is 3. The van der Waals surface area contributed by atoms with Crippen LogP contribution in [0.15, 0.2) is 46.9 Å². The highest BCUT2D eigenvalue weighted by Gasteiger charge is 2.17. The van der Waals surface area contributed by atoms with Gasteiger partial charge in [-0.25, -0.2) is 4.98 Å². The van der Waals surface area contributed by atoms with E-state index >= 15 is 0 Å². The SMILES string of the molecule is CCNc1nc2ccc(OC)c(Br)c2n1-c1ccccc1. The van der Waals surface area contributed by atoms with E-state index in [2.05, 4.69) is 49.9 Å². The molecule has 0 unspecified atom stereocenters. The van der Waals surface area contributed by atoms with Crippen molar-refractivity contribution < 1.29 is 4.74 Å². The number of fused-ring (bicyclic) bond motifs is 1. The molecule has 0 aliphatic heterocycles. The molecule has 0 atom stereocenters. The third kappa shape index (κ3) is 2.38. The van der Waals surface area contributed by atoms with Crippen molar-refractivity contribution in [1.82, 2.24) is 9.55 Å². The average molecular weight is 346 g/mol. The number of anilines is 1. The van der Waals surface area contributed by atoms with Gasteiger partial charge in [0.1, 0.15) is 5.75 Å². The minimum atomic E-state index is 0.794. The monoisotopic (exact) mass is 345 g/mol. The molecule has 0 fully saturated rings. The number of imidazole rings is 1. The predicted octanol–water partition coefficient (Wildman–Crippen LogP) is 4.23. The molecule has 0 radical (unpaired) electrons. The Bertz CT molecular complexity index is 768. The highest BCUT2D eigenvalue weighted by atomic mass is 79.9. The molecule has 0 saturated carbocycles. The molecule has 0 aliphatic carbocycles. The Labute approximate surface area is 131 Å². The van der Waals surface area contributed by atoms with Crippen LogP contribution in [0.1, 0.15) is 6.92 Å². The zero-order chi connectivity index (χ0) is 14.8. The smallest absolute Gasteiger partial charge is 0.208 e. The van der Waals surface area contributed by atoms with Crippen molar-refractivity contribution in [1.29, 1.82) is 0 Å². The van der Waals surface area contributed by atoms with Crippen LogP contribution in [0.2, 0.25) is 0 Å².